The Morgan fingerprint density at radius 1 is 1.53 bits per heavy atom. The van der Waals surface area contributed by atoms with Crippen LogP contribution in [0.4, 0.5) is 0 Å². The van der Waals surface area contributed by atoms with E-state index in [0.717, 1.165) is 10.6 Å². The van der Waals surface area contributed by atoms with E-state index >= 15 is 0 Å². The normalized spacial score (nSPS) is 14.4. The number of phenolic OH excluding ortho intramolecular Hbond substituents is 1. The van der Waals surface area contributed by atoms with Gasteiger partial charge in [-0.05, 0) is 30.2 Å². The van der Waals surface area contributed by atoms with Crippen LogP contribution in [0.1, 0.15) is 29.3 Å². The van der Waals surface area contributed by atoms with E-state index < -0.39 is 5.97 Å². The third-order valence-corrected chi connectivity index (χ3v) is 2.63. The van der Waals surface area contributed by atoms with Crippen molar-refractivity contribution in [2.24, 2.45) is 0 Å². The molecule has 5 heteroatoms. The van der Waals surface area contributed by atoms with Gasteiger partial charge in [0.15, 0.2) is 0 Å². The van der Waals surface area contributed by atoms with Gasteiger partial charge < -0.3 is 9.94 Å². The van der Waals surface area contributed by atoms with Crippen molar-refractivity contribution >= 4 is 11.9 Å². The highest BCUT2D eigenvalue weighted by atomic mass is 16.7. The largest absolute Gasteiger partial charge is 0.508 e. The first-order valence-corrected chi connectivity index (χ1v) is 5.46. The fraction of sp³-hybridized carbons (Fsp3) is 0.333. The van der Waals surface area contributed by atoms with E-state index in [-0.39, 0.29) is 18.1 Å². The zero-order chi connectivity index (χ0) is 12.4. The molecule has 17 heavy (non-hydrogen) atoms. The Morgan fingerprint density at radius 3 is 3.00 bits per heavy atom. The molecular formula is C12H13NO4. The van der Waals surface area contributed by atoms with Gasteiger partial charge in [0.05, 0.1) is 6.54 Å². The molecule has 0 unspecified atom stereocenters. The van der Waals surface area contributed by atoms with Crippen molar-refractivity contribution in [3.05, 3.63) is 29.3 Å². The Hall–Kier alpha value is -2.04. The summed E-state index contributed by atoms with van der Waals surface area (Å²) in [6.07, 6.45) is 0.790. The number of carbonyl (C=O) groups excluding carboxylic acids is 2. The van der Waals surface area contributed by atoms with Gasteiger partial charge in [0.25, 0.3) is 5.91 Å². The number of benzene rings is 1. The summed E-state index contributed by atoms with van der Waals surface area (Å²) in [4.78, 5) is 28.0. The summed E-state index contributed by atoms with van der Waals surface area (Å²) in [5, 5.41) is 10.4. The van der Waals surface area contributed by atoms with Crippen LogP contribution in [-0.2, 0) is 16.1 Å². The topological polar surface area (TPSA) is 66.8 Å². The van der Waals surface area contributed by atoms with Crippen LogP contribution in [0, 0.1) is 0 Å². The maximum Gasteiger partial charge on any atom is 0.332 e. The number of phenols is 1. The molecule has 0 fully saturated rings. The molecule has 2 rings (SSSR count). The molecule has 0 bridgehead atoms. The minimum absolute atomic E-state index is 0.135. The van der Waals surface area contributed by atoms with E-state index in [0.29, 0.717) is 18.5 Å². The van der Waals surface area contributed by atoms with Crippen LogP contribution in [0.5, 0.6) is 5.75 Å². The van der Waals surface area contributed by atoms with Gasteiger partial charge in [0, 0.05) is 12.0 Å². The lowest BCUT2D eigenvalue weighted by Crippen LogP contribution is -2.39. The Morgan fingerprint density at radius 2 is 2.29 bits per heavy atom. The van der Waals surface area contributed by atoms with Crippen molar-refractivity contribution < 1.29 is 19.5 Å². The molecule has 0 aromatic heterocycles. The predicted octanol–water partition coefficient (Wildman–Crippen LogP) is 1.26. The molecule has 1 amide bonds. The highest BCUT2D eigenvalue weighted by Crippen LogP contribution is 2.23. The lowest BCUT2D eigenvalue weighted by molar-refractivity contribution is -0.178. The van der Waals surface area contributed by atoms with Gasteiger partial charge >= 0.3 is 5.97 Å². The third-order valence-electron chi connectivity index (χ3n) is 2.63. The van der Waals surface area contributed by atoms with Gasteiger partial charge in [-0.2, -0.15) is 5.06 Å². The standard InChI is InChI=1S/C12H13NO4/c1-2-11(15)17-13-6-5-8-7-9(14)3-4-10(8)12(13)16/h3-4,7,14H,2,5-6H2,1H3. The molecule has 0 aliphatic carbocycles. The molecule has 0 saturated carbocycles. The van der Waals surface area contributed by atoms with E-state index in [1.165, 1.54) is 6.07 Å². The summed E-state index contributed by atoms with van der Waals surface area (Å²) in [6.45, 7) is 1.99. The molecule has 0 spiro atoms. The molecule has 1 heterocycles. The molecule has 90 valence electrons. The average molecular weight is 235 g/mol. The van der Waals surface area contributed by atoms with E-state index in [1.54, 1.807) is 19.1 Å². The Balaban J connectivity index is 2.21. The number of carbonyl (C=O) groups is 2. The van der Waals surface area contributed by atoms with Gasteiger partial charge in [-0.3, -0.25) is 4.79 Å². The van der Waals surface area contributed by atoms with Crippen LogP contribution >= 0.6 is 0 Å². The summed E-state index contributed by atoms with van der Waals surface area (Å²) >= 11 is 0. The minimum atomic E-state index is -0.430. The summed E-state index contributed by atoms with van der Waals surface area (Å²) in [6, 6.07) is 4.55. The second-order valence-corrected chi connectivity index (χ2v) is 3.82. The highest BCUT2D eigenvalue weighted by molar-refractivity contribution is 5.96. The first-order chi connectivity index (χ1) is 8.11. The fourth-order valence-corrected chi connectivity index (χ4v) is 1.73. The highest BCUT2D eigenvalue weighted by Gasteiger charge is 2.27. The molecule has 0 saturated heterocycles. The molecule has 1 N–H and O–H groups in total. The van der Waals surface area contributed by atoms with Crippen LogP contribution in [0.2, 0.25) is 0 Å². The molecule has 1 aromatic carbocycles. The number of nitrogens with zero attached hydrogens (tertiary/aromatic N) is 1. The van der Waals surface area contributed by atoms with Crippen molar-refractivity contribution in [1.82, 2.24) is 5.06 Å². The summed E-state index contributed by atoms with van der Waals surface area (Å²) in [5.74, 6) is -0.635. The number of hydroxylamine groups is 2. The fourth-order valence-electron chi connectivity index (χ4n) is 1.73. The number of hydrogen-bond donors (Lipinski definition) is 1. The van der Waals surface area contributed by atoms with Crippen molar-refractivity contribution in [1.29, 1.82) is 0 Å². The summed E-state index contributed by atoms with van der Waals surface area (Å²) in [7, 11) is 0. The quantitative estimate of drug-likeness (QED) is 0.838. The first kappa shape index (κ1) is 11.4. The predicted molar refractivity (Wildman–Crippen MR) is 59.2 cm³/mol. The summed E-state index contributed by atoms with van der Waals surface area (Å²) in [5.41, 5.74) is 1.25. The zero-order valence-electron chi connectivity index (χ0n) is 9.47. The Labute approximate surface area is 98.6 Å². The van der Waals surface area contributed by atoms with E-state index in [2.05, 4.69) is 0 Å². The zero-order valence-corrected chi connectivity index (χ0v) is 9.47. The third kappa shape index (κ3) is 2.22. The van der Waals surface area contributed by atoms with Crippen molar-refractivity contribution in [2.45, 2.75) is 19.8 Å². The van der Waals surface area contributed by atoms with Gasteiger partial charge in [0.2, 0.25) is 0 Å². The maximum atomic E-state index is 11.9. The van der Waals surface area contributed by atoms with Crippen LogP contribution in [0.15, 0.2) is 18.2 Å². The lowest BCUT2D eigenvalue weighted by Gasteiger charge is -2.26. The molecule has 1 aliphatic heterocycles. The van der Waals surface area contributed by atoms with Crippen LogP contribution < -0.4 is 0 Å². The van der Waals surface area contributed by atoms with E-state index in [9.17, 15) is 14.7 Å². The molecular weight excluding hydrogens is 222 g/mol. The SMILES string of the molecule is CCC(=O)ON1CCc2cc(O)ccc2C1=O. The maximum absolute atomic E-state index is 11.9. The Kier molecular flexibility index (Phi) is 2.99. The number of rotatable bonds is 2. The number of hydrogen-bond acceptors (Lipinski definition) is 4. The van der Waals surface area contributed by atoms with Gasteiger partial charge in [0.1, 0.15) is 5.75 Å². The Bertz CT molecular complexity index is 470. The average Bonchev–Trinajstić information content (AvgIpc) is 2.32. The molecule has 5 nitrogen and oxygen atoms in total. The summed E-state index contributed by atoms with van der Waals surface area (Å²) < 4.78 is 0. The number of aromatic hydroxyl groups is 1. The lowest BCUT2D eigenvalue weighted by atomic mass is 10.00. The van der Waals surface area contributed by atoms with Crippen molar-refractivity contribution in [3.8, 4) is 5.75 Å². The smallest absolute Gasteiger partial charge is 0.332 e. The molecule has 0 atom stereocenters. The van der Waals surface area contributed by atoms with Gasteiger partial charge in [-0.1, -0.05) is 6.92 Å². The first-order valence-electron chi connectivity index (χ1n) is 5.46. The van der Waals surface area contributed by atoms with Crippen LogP contribution in [0.25, 0.3) is 0 Å². The monoisotopic (exact) mass is 235 g/mol. The second-order valence-electron chi connectivity index (χ2n) is 3.82. The minimum Gasteiger partial charge on any atom is -0.508 e. The second kappa shape index (κ2) is 4.45. The number of fused-ring (bicyclic) bond motifs is 1. The molecule has 0 radical (unpaired) electrons. The van der Waals surface area contributed by atoms with Gasteiger partial charge in [-0.15, -0.1) is 0 Å². The van der Waals surface area contributed by atoms with E-state index in [4.69, 9.17) is 4.84 Å². The number of amides is 1. The van der Waals surface area contributed by atoms with Gasteiger partial charge in [-0.25, -0.2) is 4.79 Å². The van der Waals surface area contributed by atoms with Crippen LogP contribution in [-0.4, -0.2) is 28.6 Å². The molecule has 1 aromatic rings. The van der Waals surface area contributed by atoms with Crippen molar-refractivity contribution in [3.63, 3.8) is 0 Å². The van der Waals surface area contributed by atoms with E-state index in [1.807, 2.05) is 0 Å². The van der Waals surface area contributed by atoms with Crippen molar-refractivity contribution in [2.75, 3.05) is 6.54 Å². The van der Waals surface area contributed by atoms with Crippen LogP contribution in [0.3, 0.4) is 0 Å². The molecule has 1 aliphatic rings.